The molecule has 17 heavy (non-hydrogen) atoms. The first kappa shape index (κ1) is 13.4. The standard InChI is InChI=1S/C11H13F2NO3/c1-16-5-4-14-11(15)7-17-8-2-3-9(12)10(13)6-8/h2-3,6H,4-5,7H2,1H3,(H,14,15). The van der Waals surface area contributed by atoms with Gasteiger partial charge in [0.05, 0.1) is 6.61 Å². The summed E-state index contributed by atoms with van der Waals surface area (Å²) >= 11 is 0. The van der Waals surface area contributed by atoms with E-state index in [4.69, 9.17) is 9.47 Å². The smallest absolute Gasteiger partial charge is 0.258 e. The van der Waals surface area contributed by atoms with Crippen molar-refractivity contribution in [1.29, 1.82) is 0 Å². The quantitative estimate of drug-likeness (QED) is 0.764. The minimum Gasteiger partial charge on any atom is -0.484 e. The van der Waals surface area contributed by atoms with E-state index in [9.17, 15) is 13.6 Å². The molecule has 0 saturated heterocycles. The second kappa shape index (κ2) is 6.80. The molecule has 0 bridgehead atoms. The van der Waals surface area contributed by atoms with Crippen molar-refractivity contribution in [2.75, 3.05) is 26.9 Å². The monoisotopic (exact) mass is 245 g/mol. The Labute approximate surface area is 97.5 Å². The molecule has 0 saturated carbocycles. The van der Waals surface area contributed by atoms with Gasteiger partial charge in [-0.2, -0.15) is 0 Å². The molecular formula is C11H13F2NO3. The molecule has 0 aromatic heterocycles. The van der Waals surface area contributed by atoms with Gasteiger partial charge in [-0.05, 0) is 12.1 Å². The lowest BCUT2D eigenvalue weighted by Gasteiger charge is -2.07. The third-order valence-corrected chi connectivity index (χ3v) is 1.89. The normalized spacial score (nSPS) is 10.1. The molecule has 94 valence electrons. The zero-order valence-electron chi connectivity index (χ0n) is 9.33. The lowest BCUT2D eigenvalue weighted by Crippen LogP contribution is -2.31. The second-order valence-electron chi connectivity index (χ2n) is 3.21. The summed E-state index contributed by atoms with van der Waals surface area (Å²) in [5, 5.41) is 2.52. The van der Waals surface area contributed by atoms with Crippen LogP contribution in [0.4, 0.5) is 8.78 Å². The van der Waals surface area contributed by atoms with Gasteiger partial charge in [0.2, 0.25) is 0 Å². The van der Waals surface area contributed by atoms with Crippen LogP contribution < -0.4 is 10.1 Å². The molecule has 0 atom stereocenters. The van der Waals surface area contributed by atoms with Crippen LogP contribution in [-0.4, -0.2) is 32.8 Å². The van der Waals surface area contributed by atoms with Gasteiger partial charge in [-0.15, -0.1) is 0 Å². The van der Waals surface area contributed by atoms with Gasteiger partial charge < -0.3 is 14.8 Å². The lowest BCUT2D eigenvalue weighted by atomic mass is 10.3. The highest BCUT2D eigenvalue weighted by atomic mass is 19.2. The van der Waals surface area contributed by atoms with Gasteiger partial charge >= 0.3 is 0 Å². The first-order chi connectivity index (χ1) is 8.13. The summed E-state index contributed by atoms with van der Waals surface area (Å²) in [6.07, 6.45) is 0. The maximum atomic E-state index is 12.8. The molecule has 1 amide bonds. The number of amides is 1. The third kappa shape index (κ3) is 4.78. The molecule has 1 aromatic carbocycles. The number of carbonyl (C=O) groups is 1. The van der Waals surface area contributed by atoms with E-state index in [2.05, 4.69) is 5.32 Å². The Morgan fingerprint density at radius 1 is 1.35 bits per heavy atom. The average Bonchev–Trinajstić information content (AvgIpc) is 2.31. The van der Waals surface area contributed by atoms with Crippen LogP contribution in [0, 0.1) is 11.6 Å². The van der Waals surface area contributed by atoms with Crippen molar-refractivity contribution >= 4 is 5.91 Å². The number of halogens is 2. The van der Waals surface area contributed by atoms with E-state index in [1.54, 1.807) is 0 Å². The van der Waals surface area contributed by atoms with Crippen LogP contribution in [0.3, 0.4) is 0 Å². The Balaban J connectivity index is 2.34. The molecule has 0 aliphatic carbocycles. The van der Waals surface area contributed by atoms with Crippen molar-refractivity contribution in [3.63, 3.8) is 0 Å². The fourth-order valence-electron chi connectivity index (χ4n) is 1.06. The van der Waals surface area contributed by atoms with Crippen molar-refractivity contribution in [3.05, 3.63) is 29.8 Å². The van der Waals surface area contributed by atoms with Crippen molar-refractivity contribution in [3.8, 4) is 5.75 Å². The van der Waals surface area contributed by atoms with E-state index in [0.29, 0.717) is 13.2 Å². The first-order valence-corrected chi connectivity index (χ1v) is 4.97. The molecule has 0 heterocycles. The molecule has 0 spiro atoms. The Bertz CT molecular complexity index is 385. The summed E-state index contributed by atoms with van der Waals surface area (Å²) in [5.74, 6) is -2.22. The predicted octanol–water partition coefficient (Wildman–Crippen LogP) is 1.11. The van der Waals surface area contributed by atoms with Gasteiger partial charge in [0, 0.05) is 19.7 Å². The molecule has 0 aliphatic heterocycles. The lowest BCUT2D eigenvalue weighted by molar-refractivity contribution is -0.123. The number of hydrogen-bond acceptors (Lipinski definition) is 3. The van der Waals surface area contributed by atoms with Crippen LogP contribution in [-0.2, 0) is 9.53 Å². The van der Waals surface area contributed by atoms with Crippen LogP contribution in [0.5, 0.6) is 5.75 Å². The van der Waals surface area contributed by atoms with Crippen molar-refractivity contribution < 1.29 is 23.0 Å². The van der Waals surface area contributed by atoms with Gasteiger partial charge in [0.1, 0.15) is 5.75 Å². The van der Waals surface area contributed by atoms with Crippen molar-refractivity contribution in [2.45, 2.75) is 0 Å². The summed E-state index contributed by atoms with van der Waals surface area (Å²) < 4.78 is 35.1. The number of benzene rings is 1. The van der Waals surface area contributed by atoms with E-state index in [-0.39, 0.29) is 18.3 Å². The Kier molecular flexibility index (Phi) is 5.35. The van der Waals surface area contributed by atoms with Crippen LogP contribution in [0.2, 0.25) is 0 Å². The molecule has 0 radical (unpaired) electrons. The SMILES string of the molecule is COCCNC(=O)COc1ccc(F)c(F)c1. The molecular weight excluding hydrogens is 232 g/mol. The average molecular weight is 245 g/mol. The predicted molar refractivity (Wildman–Crippen MR) is 56.7 cm³/mol. The number of carbonyl (C=O) groups excluding carboxylic acids is 1. The van der Waals surface area contributed by atoms with Crippen molar-refractivity contribution in [2.24, 2.45) is 0 Å². The summed E-state index contributed by atoms with van der Waals surface area (Å²) in [6.45, 7) is 0.516. The second-order valence-corrected chi connectivity index (χ2v) is 3.21. The Morgan fingerprint density at radius 3 is 2.76 bits per heavy atom. The minimum atomic E-state index is -1.01. The van der Waals surface area contributed by atoms with Gasteiger partial charge in [-0.25, -0.2) is 8.78 Å². The molecule has 0 aliphatic rings. The van der Waals surface area contributed by atoms with E-state index in [1.807, 2.05) is 0 Å². The summed E-state index contributed by atoms with van der Waals surface area (Å²) in [4.78, 5) is 11.2. The third-order valence-electron chi connectivity index (χ3n) is 1.89. The van der Waals surface area contributed by atoms with Gasteiger partial charge in [-0.1, -0.05) is 0 Å². The van der Waals surface area contributed by atoms with Crippen LogP contribution in [0.15, 0.2) is 18.2 Å². The molecule has 1 N–H and O–H groups in total. The largest absolute Gasteiger partial charge is 0.484 e. The minimum absolute atomic E-state index is 0.103. The molecule has 0 unspecified atom stereocenters. The highest BCUT2D eigenvalue weighted by Gasteiger charge is 2.05. The Hall–Kier alpha value is -1.69. The molecule has 4 nitrogen and oxygen atoms in total. The van der Waals surface area contributed by atoms with E-state index in [0.717, 1.165) is 12.1 Å². The summed E-state index contributed by atoms with van der Waals surface area (Å²) in [6, 6.07) is 3.08. The molecule has 1 rings (SSSR count). The van der Waals surface area contributed by atoms with Gasteiger partial charge in [0.15, 0.2) is 18.2 Å². The molecule has 0 fully saturated rings. The number of rotatable bonds is 6. The summed E-state index contributed by atoms with van der Waals surface area (Å²) in [7, 11) is 1.52. The summed E-state index contributed by atoms with van der Waals surface area (Å²) in [5.41, 5.74) is 0. The fraction of sp³-hybridized carbons (Fsp3) is 0.364. The maximum Gasteiger partial charge on any atom is 0.258 e. The highest BCUT2D eigenvalue weighted by molar-refractivity contribution is 5.77. The topological polar surface area (TPSA) is 47.6 Å². The van der Waals surface area contributed by atoms with Crippen molar-refractivity contribution in [1.82, 2.24) is 5.32 Å². The first-order valence-electron chi connectivity index (χ1n) is 4.97. The number of hydrogen-bond donors (Lipinski definition) is 1. The van der Waals surface area contributed by atoms with Gasteiger partial charge in [-0.3, -0.25) is 4.79 Å². The van der Waals surface area contributed by atoms with Crippen LogP contribution in [0.1, 0.15) is 0 Å². The van der Waals surface area contributed by atoms with Crippen LogP contribution >= 0.6 is 0 Å². The number of methoxy groups -OCH3 is 1. The highest BCUT2D eigenvalue weighted by Crippen LogP contribution is 2.14. The fourth-order valence-corrected chi connectivity index (χ4v) is 1.06. The van der Waals surface area contributed by atoms with E-state index >= 15 is 0 Å². The number of nitrogens with one attached hydrogen (secondary N) is 1. The number of ether oxygens (including phenoxy) is 2. The maximum absolute atomic E-state index is 12.8. The van der Waals surface area contributed by atoms with E-state index < -0.39 is 11.6 Å². The van der Waals surface area contributed by atoms with E-state index in [1.165, 1.54) is 13.2 Å². The zero-order chi connectivity index (χ0) is 12.7. The molecule has 6 heteroatoms. The Morgan fingerprint density at radius 2 is 2.12 bits per heavy atom. The van der Waals surface area contributed by atoms with Gasteiger partial charge in [0.25, 0.3) is 5.91 Å². The zero-order valence-corrected chi connectivity index (χ0v) is 9.33. The molecule has 1 aromatic rings. The van der Waals surface area contributed by atoms with Crippen LogP contribution in [0.25, 0.3) is 0 Å².